The summed E-state index contributed by atoms with van der Waals surface area (Å²) >= 11 is 0. The number of likely N-dealkylation sites (tertiary alicyclic amines) is 1. The first kappa shape index (κ1) is 19.3. The van der Waals surface area contributed by atoms with Crippen LogP contribution in [0.2, 0.25) is 0 Å². The number of Topliss-reactive ketones (excluding diaryl/α,β-unsaturated/α-hetero) is 1. The first-order valence-electron chi connectivity index (χ1n) is 8.48. The molecule has 1 heterocycles. The maximum absolute atomic E-state index is 14.6. The fraction of sp³-hybridized carbons (Fsp3) is 0.579. The lowest BCUT2D eigenvalue weighted by molar-refractivity contribution is -0.0522. The molecule has 2 rings (SSSR count). The van der Waals surface area contributed by atoms with Crippen molar-refractivity contribution in [2.45, 2.75) is 52.1 Å². The van der Waals surface area contributed by atoms with Gasteiger partial charge in [0.05, 0.1) is 0 Å². The number of aryl methyl sites for hydroxylation is 1. The molecule has 0 bridgehead atoms. The minimum atomic E-state index is -3.44. The third-order valence-electron chi connectivity index (χ3n) is 4.28. The quantitative estimate of drug-likeness (QED) is 0.754. The number of rotatable bonds is 3. The van der Waals surface area contributed by atoms with Gasteiger partial charge in [0.15, 0.2) is 0 Å². The Hall–Kier alpha value is -1.98. The molecule has 1 aliphatic rings. The number of carbonyl (C=O) groups excluding carboxylic acids is 2. The van der Waals surface area contributed by atoms with Crippen LogP contribution in [-0.2, 0) is 4.74 Å². The molecule has 1 aromatic rings. The highest BCUT2D eigenvalue weighted by Gasteiger charge is 2.48. The molecular weight excluding hydrogens is 328 g/mol. The molecule has 0 aliphatic carbocycles. The fourth-order valence-electron chi connectivity index (χ4n) is 2.83. The monoisotopic (exact) mass is 353 g/mol. The number of alkyl halides is 2. The summed E-state index contributed by atoms with van der Waals surface area (Å²) in [7, 11) is 0. The number of halogens is 2. The molecule has 0 spiro atoms. The van der Waals surface area contributed by atoms with Gasteiger partial charge in [-0.15, -0.1) is 0 Å². The number of benzene rings is 1. The first-order valence-corrected chi connectivity index (χ1v) is 8.48. The van der Waals surface area contributed by atoms with Gasteiger partial charge in [-0.1, -0.05) is 29.8 Å². The highest BCUT2D eigenvalue weighted by atomic mass is 19.3. The molecule has 1 aromatic carbocycles. The zero-order valence-corrected chi connectivity index (χ0v) is 15.1. The van der Waals surface area contributed by atoms with Gasteiger partial charge in [-0.25, -0.2) is 4.79 Å². The van der Waals surface area contributed by atoms with Crippen LogP contribution in [0.1, 0.15) is 49.5 Å². The standard InChI is InChI=1S/C19H25F2NO3/c1-13-5-7-14(8-6-13)16(23)19(20,21)15-9-11-22(12-10-15)17(24)25-18(2,3)4/h5-8,15H,9-12H2,1-4H3. The van der Waals surface area contributed by atoms with Crippen molar-refractivity contribution < 1.29 is 23.1 Å². The lowest BCUT2D eigenvalue weighted by Crippen LogP contribution is -2.47. The third-order valence-corrected chi connectivity index (χ3v) is 4.28. The molecule has 138 valence electrons. The Kier molecular flexibility index (Phi) is 5.49. The molecule has 0 radical (unpaired) electrons. The van der Waals surface area contributed by atoms with Crippen LogP contribution in [0.25, 0.3) is 0 Å². The molecule has 1 amide bonds. The van der Waals surface area contributed by atoms with Crippen molar-refractivity contribution in [2.24, 2.45) is 5.92 Å². The molecule has 1 fully saturated rings. The number of hydrogen-bond acceptors (Lipinski definition) is 3. The molecule has 0 N–H and O–H groups in total. The number of ketones is 1. The van der Waals surface area contributed by atoms with Gasteiger partial charge in [0.2, 0.25) is 5.78 Å². The Morgan fingerprint density at radius 1 is 1.08 bits per heavy atom. The van der Waals surface area contributed by atoms with Gasteiger partial charge in [-0.05, 0) is 40.5 Å². The Labute approximate surface area is 147 Å². The van der Waals surface area contributed by atoms with E-state index in [-0.39, 0.29) is 31.5 Å². The summed E-state index contributed by atoms with van der Waals surface area (Å²) in [6, 6.07) is 6.16. The average Bonchev–Trinajstić information content (AvgIpc) is 2.53. The number of piperidine rings is 1. The third kappa shape index (κ3) is 4.77. The number of carbonyl (C=O) groups is 2. The molecule has 1 saturated heterocycles. The van der Waals surface area contributed by atoms with Gasteiger partial charge in [-0.2, -0.15) is 8.78 Å². The number of hydrogen-bond donors (Lipinski definition) is 0. The second-order valence-corrected chi connectivity index (χ2v) is 7.56. The largest absolute Gasteiger partial charge is 0.444 e. The van der Waals surface area contributed by atoms with E-state index in [1.807, 2.05) is 6.92 Å². The number of amides is 1. The Bertz CT molecular complexity index is 627. The van der Waals surface area contributed by atoms with E-state index >= 15 is 0 Å². The summed E-state index contributed by atoms with van der Waals surface area (Å²) in [5, 5.41) is 0. The van der Waals surface area contributed by atoms with Crippen LogP contribution in [0.3, 0.4) is 0 Å². The van der Waals surface area contributed by atoms with Crippen molar-refractivity contribution in [3.63, 3.8) is 0 Å². The topological polar surface area (TPSA) is 46.6 Å². The van der Waals surface area contributed by atoms with Gasteiger partial charge in [0.1, 0.15) is 5.60 Å². The minimum absolute atomic E-state index is 0.0187. The predicted molar refractivity (Wildman–Crippen MR) is 91.0 cm³/mol. The Balaban J connectivity index is 2.00. The SMILES string of the molecule is Cc1ccc(C(=O)C(F)(F)C2CCN(C(=O)OC(C)(C)C)CC2)cc1. The maximum Gasteiger partial charge on any atom is 0.410 e. The second kappa shape index (κ2) is 7.10. The second-order valence-electron chi connectivity index (χ2n) is 7.56. The van der Waals surface area contributed by atoms with Crippen LogP contribution in [0, 0.1) is 12.8 Å². The zero-order chi connectivity index (χ0) is 18.8. The highest BCUT2D eigenvalue weighted by molar-refractivity contribution is 6.01. The lowest BCUT2D eigenvalue weighted by atomic mass is 9.86. The summed E-state index contributed by atoms with van der Waals surface area (Å²) in [6.45, 7) is 7.43. The molecular formula is C19H25F2NO3. The van der Waals surface area contributed by atoms with E-state index in [1.165, 1.54) is 17.0 Å². The molecule has 0 atom stereocenters. The summed E-state index contributed by atoms with van der Waals surface area (Å²) in [4.78, 5) is 25.7. The molecule has 0 saturated carbocycles. The lowest BCUT2D eigenvalue weighted by Gasteiger charge is -2.36. The van der Waals surface area contributed by atoms with Crippen LogP contribution >= 0.6 is 0 Å². The van der Waals surface area contributed by atoms with Gasteiger partial charge >= 0.3 is 12.0 Å². The highest BCUT2D eigenvalue weighted by Crippen LogP contribution is 2.36. The van der Waals surface area contributed by atoms with E-state index in [0.717, 1.165) is 5.56 Å². The van der Waals surface area contributed by atoms with Crippen molar-refractivity contribution in [1.29, 1.82) is 0 Å². The zero-order valence-electron chi connectivity index (χ0n) is 15.1. The van der Waals surface area contributed by atoms with Crippen molar-refractivity contribution in [2.75, 3.05) is 13.1 Å². The fourth-order valence-corrected chi connectivity index (χ4v) is 2.83. The molecule has 0 aromatic heterocycles. The van der Waals surface area contributed by atoms with E-state index < -0.39 is 29.3 Å². The summed E-state index contributed by atoms with van der Waals surface area (Å²) < 4.78 is 34.5. The van der Waals surface area contributed by atoms with E-state index in [1.54, 1.807) is 32.9 Å². The van der Waals surface area contributed by atoms with E-state index in [4.69, 9.17) is 4.74 Å². The summed E-state index contributed by atoms with van der Waals surface area (Å²) in [5.41, 5.74) is 0.301. The Morgan fingerprint density at radius 3 is 2.08 bits per heavy atom. The van der Waals surface area contributed by atoms with Crippen molar-refractivity contribution in [1.82, 2.24) is 4.90 Å². The van der Waals surface area contributed by atoms with Crippen LogP contribution in [0.4, 0.5) is 13.6 Å². The molecule has 4 nitrogen and oxygen atoms in total. The molecule has 0 unspecified atom stereocenters. The smallest absolute Gasteiger partial charge is 0.410 e. The maximum atomic E-state index is 14.6. The van der Waals surface area contributed by atoms with Crippen molar-refractivity contribution >= 4 is 11.9 Å². The van der Waals surface area contributed by atoms with Crippen molar-refractivity contribution in [3.8, 4) is 0 Å². The Morgan fingerprint density at radius 2 is 1.60 bits per heavy atom. The van der Waals surface area contributed by atoms with E-state index in [0.29, 0.717) is 0 Å². The van der Waals surface area contributed by atoms with Crippen LogP contribution in [0.15, 0.2) is 24.3 Å². The molecule has 25 heavy (non-hydrogen) atoms. The number of ether oxygens (including phenoxy) is 1. The van der Waals surface area contributed by atoms with Gasteiger partial charge in [0, 0.05) is 24.6 Å². The molecule has 1 aliphatic heterocycles. The summed E-state index contributed by atoms with van der Waals surface area (Å²) in [6.07, 6.45) is -0.354. The van der Waals surface area contributed by atoms with Gasteiger partial charge in [0.25, 0.3) is 0 Å². The normalized spacial score (nSPS) is 16.6. The minimum Gasteiger partial charge on any atom is -0.444 e. The summed E-state index contributed by atoms with van der Waals surface area (Å²) in [5.74, 6) is -5.65. The first-order chi connectivity index (χ1) is 11.5. The average molecular weight is 353 g/mol. The van der Waals surface area contributed by atoms with E-state index in [9.17, 15) is 18.4 Å². The van der Waals surface area contributed by atoms with Gasteiger partial charge in [-0.3, -0.25) is 4.79 Å². The van der Waals surface area contributed by atoms with Crippen LogP contribution < -0.4 is 0 Å². The van der Waals surface area contributed by atoms with Gasteiger partial charge < -0.3 is 9.64 Å². The molecule has 6 heteroatoms. The van der Waals surface area contributed by atoms with Crippen LogP contribution in [-0.4, -0.2) is 41.4 Å². The number of nitrogens with zero attached hydrogens (tertiary/aromatic N) is 1. The predicted octanol–water partition coefficient (Wildman–Crippen LogP) is 4.46. The van der Waals surface area contributed by atoms with Crippen molar-refractivity contribution in [3.05, 3.63) is 35.4 Å². The van der Waals surface area contributed by atoms with E-state index in [2.05, 4.69) is 0 Å². The van der Waals surface area contributed by atoms with Crippen LogP contribution in [0.5, 0.6) is 0 Å².